The SMILES string of the molecule is C[C@@H]1CCC(Nc2nc(N[C@H](C)C(C)(C)C)ncc2C(N)=O)C[C@H]1O. The predicted octanol–water partition coefficient (Wildman–Crippen LogP) is 2.38. The summed E-state index contributed by atoms with van der Waals surface area (Å²) in [7, 11) is 0. The molecule has 25 heavy (non-hydrogen) atoms. The summed E-state index contributed by atoms with van der Waals surface area (Å²) in [6, 6.07) is 0.212. The Balaban J connectivity index is 2.19. The maximum atomic E-state index is 11.7. The smallest absolute Gasteiger partial charge is 0.254 e. The van der Waals surface area contributed by atoms with Gasteiger partial charge in [-0.05, 0) is 37.5 Å². The Morgan fingerprint density at radius 1 is 1.40 bits per heavy atom. The molecule has 1 amide bonds. The van der Waals surface area contributed by atoms with Crippen molar-refractivity contribution in [1.29, 1.82) is 0 Å². The molecule has 1 fully saturated rings. The highest BCUT2D eigenvalue weighted by atomic mass is 16.3. The first-order valence-corrected chi connectivity index (χ1v) is 8.96. The molecular weight excluding hydrogens is 318 g/mol. The molecule has 0 spiro atoms. The van der Waals surface area contributed by atoms with Crippen LogP contribution < -0.4 is 16.4 Å². The summed E-state index contributed by atoms with van der Waals surface area (Å²) in [5, 5.41) is 16.7. The normalized spacial score (nSPS) is 25.3. The fraction of sp³-hybridized carbons (Fsp3) is 0.722. The number of hydrogen-bond acceptors (Lipinski definition) is 6. The van der Waals surface area contributed by atoms with Crippen molar-refractivity contribution < 1.29 is 9.90 Å². The maximum Gasteiger partial charge on any atom is 0.254 e. The predicted molar refractivity (Wildman–Crippen MR) is 99.5 cm³/mol. The van der Waals surface area contributed by atoms with Crippen molar-refractivity contribution in [3.05, 3.63) is 11.8 Å². The van der Waals surface area contributed by atoms with E-state index in [0.717, 1.165) is 12.8 Å². The van der Waals surface area contributed by atoms with E-state index >= 15 is 0 Å². The molecule has 7 nitrogen and oxygen atoms in total. The van der Waals surface area contributed by atoms with Gasteiger partial charge in [0.25, 0.3) is 5.91 Å². The standard InChI is InChI=1S/C18H31N5O2/c1-10-6-7-12(8-14(10)24)22-16-13(15(19)25)9-20-17(23-16)21-11(2)18(3,4)5/h9-12,14,24H,6-8H2,1-5H3,(H2,19,25)(H2,20,21,22,23)/t10-,11-,12?,14-/m1/s1. The minimum Gasteiger partial charge on any atom is -0.393 e. The van der Waals surface area contributed by atoms with Gasteiger partial charge in [-0.1, -0.05) is 27.7 Å². The first-order chi connectivity index (χ1) is 11.6. The Bertz CT molecular complexity index is 614. The van der Waals surface area contributed by atoms with Crippen molar-refractivity contribution in [2.24, 2.45) is 17.1 Å². The molecule has 0 aliphatic heterocycles. The second-order valence-electron chi connectivity index (χ2n) is 8.25. The first-order valence-electron chi connectivity index (χ1n) is 8.96. The molecule has 0 saturated heterocycles. The molecule has 1 heterocycles. The molecule has 0 radical (unpaired) electrons. The van der Waals surface area contributed by atoms with Gasteiger partial charge in [0.1, 0.15) is 5.82 Å². The third kappa shape index (κ3) is 5.04. The number of nitrogens with zero attached hydrogens (tertiary/aromatic N) is 2. The lowest BCUT2D eigenvalue weighted by Gasteiger charge is -2.32. The number of rotatable bonds is 5. The molecule has 1 aliphatic carbocycles. The summed E-state index contributed by atoms with van der Waals surface area (Å²) < 4.78 is 0. The van der Waals surface area contributed by atoms with Crippen LogP contribution in [0, 0.1) is 11.3 Å². The van der Waals surface area contributed by atoms with Gasteiger partial charge in [0.2, 0.25) is 5.95 Å². The molecule has 140 valence electrons. The fourth-order valence-electron chi connectivity index (χ4n) is 2.77. The van der Waals surface area contributed by atoms with Crippen molar-refractivity contribution in [3.8, 4) is 0 Å². The van der Waals surface area contributed by atoms with Crippen molar-refractivity contribution in [2.75, 3.05) is 10.6 Å². The van der Waals surface area contributed by atoms with E-state index in [9.17, 15) is 9.90 Å². The molecule has 1 saturated carbocycles. The first kappa shape index (κ1) is 19.4. The molecule has 0 aromatic carbocycles. The largest absolute Gasteiger partial charge is 0.393 e. The lowest BCUT2D eigenvalue weighted by atomic mass is 9.85. The molecule has 7 heteroatoms. The number of carbonyl (C=O) groups excluding carboxylic acids is 1. The van der Waals surface area contributed by atoms with Crippen LogP contribution in [0.4, 0.5) is 11.8 Å². The highest BCUT2D eigenvalue weighted by Crippen LogP contribution is 2.28. The minimum atomic E-state index is -0.567. The van der Waals surface area contributed by atoms with Gasteiger partial charge < -0.3 is 21.5 Å². The maximum absolute atomic E-state index is 11.7. The van der Waals surface area contributed by atoms with Crippen LogP contribution in [0.5, 0.6) is 0 Å². The number of aliphatic hydroxyl groups is 1. The summed E-state index contributed by atoms with van der Waals surface area (Å²) in [5.74, 6) is 0.615. The molecule has 5 N–H and O–H groups in total. The zero-order valence-electron chi connectivity index (χ0n) is 15.8. The Hall–Kier alpha value is -1.89. The van der Waals surface area contributed by atoms with Crippen LogP contribution in [-0.4, -0.2) is 39.2 Å². The minimum absolute atomic E-state index is 0.0446. The van der Waals surface area contributed by atoms with Gasteiger partial charge in [-0.3, -0.25) is 4.79 Å². The van der Waals surface area contributed by atoms with Crippen molar-refractivity contribution >= 4 is 17.7 Å². The number of anilines is 2. The molecular formula is C18H31N5O2. The van der Waals surface area contributed by atoms with E-state index < -0.39 is 5.91 Å². The molecule has 1 unspecified atom stereocenters. The summed E-state index contributed by atoms with van der Waals surface area (Å²) in [6.45, 7) is 10.5. The Morgan fingerprint density at radius 3 is 2.64 bits per heavy atom. The van der Waals surface area contributed by atoms with E-state index in [1.807, 2.05) is 0 Å². The second kappa shape index (κ2) is 7.56. The van der Waals surface area contributed by atoms with Crippen LogP contribution in [-0.2, 0) is 0 Å². The van der Waals surface area contributed by atoms with Crippen LogP contribution in [0.3, 0.4) is 0 Å². The van der Waals surface area contributed by atoms with Gasteiger partial charge in [-0.25, -0.2) is 4.98 Å². The summed E-state index contributed by atoms with van der Waals surface area (Å²) in [5.41, 5.74) is 5.77. The number of nitrogens with one attached hydrogen (secondary N) is 2. The van der Waals surface area contributed by atoms with Crippen LogP contribution in [0.1, 0.15) is 64.2 Å². The monoisotopic (exact) mass is 349 g/mol. The van der Waals surface area contributed by atoms with Crippen molar-refractivity contribution in [2.45, 2.75) is 72.1 Å². The summed E-state index contributed by atoms with van der Waals surface area (Å²) in [6.07, 6.45) is 3.59. The third-order valence-electron chi connectivity index (χ3n) is 5.19. The van der Waals surface area contributed by atoms with Crippen LogP contribution >= 0.6 is 0 Å². The van der Waals surface area contributed by atoms with E-state index in [-0.39, 0.29) is 29.2 Å². The van der Waals surface area contributed by atoms with Gasteiger partial charge in [-0.15, -0.1) is 0 Å². The summed E-state index contributed by atoms with van der Waals surface area (Å²) in [4.78, 5) is 20.4. The molecule has 0 bridgehead atoms. The Morgan fingerprint density at radius 2 is 2.08 bits per heavy atom. The highest BCUT2D eigenvalue weighted by Gasteiger charge is 2.27. The van der Waals surface area contributed by atoms with Crippen LogP contribution in [0.25, 0.3) is 0 Å². The van der Waals surface area contributed by atoms with Crippen LogP contribution in [0.2, 0.25) is 0 Å². The quantitative estimate of drug-likeness (QED) is 0.649. The van der Waals surface area contributed by atoms with Crippen LogP contribution in [0.15, 0.2) is 6.20 Å². The molecule has 1 aliphatic rings. The number of aromatic nitrogens is 2. The topological polar surface area (TPSA) is 113 Å². The second-order valence-corrected chi connectivity index (χ2v) is 8.25. The molecule has 2 rings (SSSR count). The lowest BCUT2D eigenvalue weighted by molar-refractivity contribution is 0.0739. The van der Waals surface area contributed by atoms with Gasteiger partial charge in [0.05, 0.1) is 11.7 Å². The number of hydrogen-bond donors (Lipinski definition) is 4. The van der Waals surface area contributed by atoms with Gasteiger partial charge in [0.15, 0.2) is 0 Å². The Kier molecular flexibility index (Phi) is 5.87. The number of aliphatic hydroxyl groups excluding tert-OH is 1. The third-order valence-corrected chi connectivity index (χ3v) is 5.19. The molecule has 1 aromatic heterocycles. The summed E-state index contributed by atoms with van der Waals surface area (Å²) >= 11 is 0. The number of carbonyl (C=O) groups is 1. The van der Waals surface area contributed by atoms with Crippen molar-refractivity contribution in [3.63, 3.8) is 0 Å². The zero-order chi connectivity index (χ0) is 18.8. The number of amides is 1. The average Bonchev–Trinajstić information content (AvgIpc) is 2.50. The van der Waals surface area contributed by atoms with E-state index in [1.54, 1.807) is 0 Å². The van der Waals surface area contributed by atoms with E-state index in [1.165, 1.54) is 6.20 Å². The lowest BCUT2D eigenvalue weighted by Crippen LogP contribution is -2.36. The highest BCUT2D eigenvalue weighted by molar-refractivity contribution is 5.97. The van der Waals surface area contributed by atoms with Gasteiger partial charge in [0, 0.05) is 18.3 Å². The fourth-order valence-corrected chi connectivity index (χ4v) is 2.77. The number of primary amides is 1. The number of nitrogens with two attached hydrogens (primary N) is 1. The zero-order valence-corrected chi connectivity index (χ0v) is 15.8. The van der Waals surface area contributed by atoms with E-state index in [0.29, 0.717) is 24.1 Å². The molecule has 4 atom stereocenters. The van der Waals surface area contributed by atoms with E-state index in [4.69, 9.17) is 5.73 Å². The van der Waals surface area contributed by atoms with Crippen molar-refractivity contribution in [1.82, 2.24) is 9.97 Å². The van der Waals surface area contributed by atoms with Gasteiger partial charge in [-0.2, -0.15) is 4.98 Å². The van der Waals surface area contributed by atoms with E-state index in [2.05, 4.69) is 55.2 Å². The average molecular weight is 349 g/mol. The Labute approximate surface area is 149 Å². The van der Waals surface area contributed by atoms with Gasteiger partial charge >= 0.3 is 0 Å². The molecule has 1 aromatic rings.